The van der Waals surface area contributed by atoms with Crippen LogP contribution in [0.15, 0.2) is 36.0 Å². The number of esters is 1. The molecule has 10 unspecified atom stereocenters. The second-order valence-electron chi connectivity index (χ2n) is 15.3. The number of allylic oxidation sites excluding steroid dienone is 2. The van der Waals surface area contributed by atoms with Crippen molar-refractivity contribution in [2.45, 2.75) is 147 Å². The lowest BCUT2D eigenvalue weighted by atomic mass is 9.88. The van der Waals surface area contributed by atoms with E-state index < -0.39 is 41.6 Å². The predicted octanol–water partition coefficient (Wildman–Crippen LogP) is 4.53. The maximum Gasteiger partial charge on any atom is 0.410 e. The first-order valence-corrected chi connectivity index (χ1v) is 18.4. The summed E-state index contributed by atoms with van der Waals surface area (Å²) in [4.78, 5) is 30.6. The van der Waals surface area contributed by atoms with Crippen molar-refractivity contribution in [1.82, 2.24) is 9.80 Å². The van der Waals surface area contributed by atoms with E-state index in [0.29, 0.717) is 38.4 Å². The number of hydrogen-bond acceptors (Lipinski definition) is 10. The zero-order chi connectivity index (χ0) is 35.9. The molecular weight excluding hydrogens is 628 g/mol. The number of piperazine rings is 1. The van der Waals surface area contributed by atoms with Gasteiger partial charge in [0.05, 0.1) is 36.4 Å². The van der Waals surface area contributed by atoms with E-state index in [1.54, 1.807) is 31.1 Å². The second kappa shape index (κ2) is 17.3. The maximum absolute atomic E-state index is 13.5. The molecule has 11 heteroatoms. The number of epoxide rings is 1. The van der Waals surface area contributed by atoms with Crippen LogP contribution in [0.25, 0.3) is 0 Å². The van der Waals surface area contributed by atoms with Gasteiger partial charge in [0.25, 0.3) is 0 Å². The Hall–Kier alpha value is -2.28. The Labute approximate surface area is 293 Å². The fourth-order valence-electron chi connectivity index (χ4n) is 7.21. The summed E-state index contributed by atoms with van der Waals surface area (Å²) in [6, 6.07) is 0.639. The van der Waals surface area contributed by atoms with Gasteiger partial charge in [0.15, 0.2) is 6.10 Å². The number of ether oxygens (including phenoxy) is 4. The Morgan fingerprint density at radius 2 is 1.90 bits per heavy atom. The summed E-state index contributed by atoms with van der Waals surface area (Å²) in [7, 11) is 1.57. The average molecular weight is 691 g/mol. The fraction of sp³-hybridized carbons (Fsp3) is 0.789. The van der Waals surface area contributed by atoms with Gasteiger partial charge < -0.3 is 39.2 Å². The Bertz CT molecular complexity index is 1190. The fourth-order valence-corrected chi connectivity index (χ4v) is 7.21. The number of amides is 1. The van der Waals surface area contributed by atoms with E-state index >= 15 is 0 Å². The molecule has 10 atom stereocenters. The van der Waals surface area contributed by atoms with Gasteiger partial charge in [-0.05, 0) is 64.5 Å². The molecule has 3 N–H and O–H groups in total. The number of aliphatic hydroxyl groups is 3. The predicted molar refractivity (Wildman–Crippen MR) is 187 cm³/mol. The number of methoxy groups -OCH3 is 1. The molecule has 49 heavy (non-hydrogen) atoms. The van der Waals surface area contributed by atoms with Crippen molar-refractivity contribution >= 4 is 12.1 Å². The van der Waals surface area contributed by atoms with Gasteiger partial charge in [-0.2, -0.15) is 0 Å². The summed E-state index contributed by atoms with van der Waals surface area (Å²) in [5.74, 6) is -0.824. The molecule has 2 saturated heterocycles. The molecule has 0 bridgehead atoms. The van der Waals surface area contributed by atoms with Gasteiger partial charge in [-0.15, -0.1) is 0 Å². The average Bonchev–Trinajstić information content (AvgIpc) is 3.80. The summed E-state index contributed by atoms with van der Waals surface area (Å²) in [5, 5.41) is 32.0. The highest BCUT2D eigenvalue weighted by molar-refractivity contribution is 5.70. The van der Waals surface area contributed by atoms with E-state index in [-0.39, 0.29) is 43.0 Å². The first-order chi connectivity index (χ1) is 23.2. The Kier molecular flexibility index (Phi) is 13.9. The maximum atomic E-state index is 13.5. The molecule has 0 aromatic rings. The molecule has 3 heterocycles. The molecule has 1 saturated carbocycles. The van der Waals surface area contributed by atoms with Crippen molar-refractivity contribution in [3.8, 4) is 0 Å². The van der Waals surface area contributed by atoms with Crippen molar-refractivity contribution in [3.05, 3.63) is 36.0 Å². The van der Waals surface area contributed by atoms with Crippen LogP contribution in [0.2, 0.25) is 0 Å². The van der Waals surface area contributed by atoms with Gasteiger partial charge in [-0.1, -0.05) is 51.5 Å². The third-order valence-electron chi connectivity index (χ3n) is 11.2. The number of aliphatic hydroxyl groups excluding tert-OH is 2. The van der Waals surface area contributed by atoms with Crippen LogP contribution in [0.3, 0.4) is 0 Å². The minimum Gasteiger partial charge on any atom is -0.457 e. The standard InChI is InChI=1S/C38H62N2O9/c1-8-30(42)27(4)35-31(47-35)24-37(5,45)17-10-11-25(2)34-26(3)14-15-32(38(6,46-7)18-16-29(41)23-33(43)49-34)48-36(44)40-21-19-39(20-22-40)28-12-9-13-28/h10-11,14-15,17,26-32,34-35,41-42,45H,8-9,12-13,16,18-24H2,1-7H3. The Morgan fingerprint density at radius 1 is 1.20 bits per heavy atom. The van der Waals surface area contributed by atoms with Gasteiger partial charge >= 0.3 is 12.1 Å². The molecule has 0 spiro atoms. The van der Waals surface area contributed by atoms with Gasteiger partial charge in [0.1, 0.15) is 11.7 Å². The van der Waals surface area contributed by atoms with Crippen LogP contribution in [-0.2, 0) is 23.7 Å². The first kappa shape index (κ1) is 39.5. The number of nitrogens with zero attached hydrogens (tertiary/aromatic N) is 2. The molecule has 0 radical (unpaired) electrons. The SMILES string of the molecule is CCC(O)C(C)C1OC1CC(C)(O)C=CC=C(C)C1OC(=O)CC(O)CCC(C)(OC)C(OC(=O)N2CCN(C3CCC3)CC2)C=CC1C. The zero-order valence-corrected chi connectivity index (χ0v) is 30.8. The topological polar surface area (TPSA) is 142 Å². The third kappa shape index (κ3) is 10.9. The third-order valence-corrected chi connectivity index (χ3v) is 11.2. The lowest BCUT2D eigenvalue weighted by molar-refractivity contribution is -0.151. The van der Waals surface area contributed by atoms with E-state index in [0.717, 1.165) is 18.7 Å². The molecule has 1 amide bonds. The van der Waals surface area contributed by atoms with Crippen LogP contribution < -0.4 is 0 Å². The van der Waals surface area contributed by atoms with E-state index in [1.165, 1.54) is 19.3 Å². The summed E-state index contributed by atoms with van der Waals surface area (Å²) in [5.41, 5.74) is -1.33. The molecule has 3 aliphatic heterocycles. The molecule has 3 fully saturated rings. The lowest BCUT2D eigenvalue weighted by Gasteiger charge is -2.43. The number of carbonyl (C=O) groups is 2. The Morgan fingerprint density at radius 3 is 2.51 bits per heavy atom. The summed E-state index contributed by atoms with van der Waals surface area (Å²) in [6.07, 6.45) is 10.8. The normalized spacial score (nSPS) is 35.0. The highest BCUT2D eigenvalue weighted by Crippen LogP contribution is 2.38. The van der Waals surface area contributed by atoms with Gasteiger partial charge in [0, 0.05) is 57.6 Å². The van der Waals surface area contributed by atoms with Crippen molar-refractivity contribution in [2.75, 3.05) is 33.3 Å². The van der Waals surface area contributed by atoms with Crippen molar-refractivity contribution in [1.29, 1.82) is 0 Å². The largest absolute Gasteiger partial charge is 0.457 e. The smallest absolute Gasteiger partial charge is 0.410 e. The van der Waals surface area contributed by atoms with Crippen LogP contribution in [0.1, 0.15) is 92.9 Å². The molecule has 4 aliphatic rings. The molecule has 1 aliphatic carbocycles. The highest BCUT2D eigenvalue weighted by Gasteiger charge is 2.47. The molecule has 278 valence electrons. The van der Waals surface area contributed by atoms with E-state index in [9.17, 15) is 24.9 Å². The minimum atomic E-state index is -1.14. The number of rotatable bonds is 11. The number of carbonyl (C=O) groups excluding carboxylic acids is 2. The quantitative estimate of drug-likeness (QED) is 0.123. The van der Waals surface area contributed by atoms with Crippen molar-refractivity contribution < 1.29 is 43.9 Å². The van der Waals surface area contributed by atoms with Gasteiger partial charge in [-0.25, -0.2) is 4.79 Å². The van der Waals surface area contributed by atoms with Crippen LogP contribution in [0, 0.1) is 11.8 Å². The summed E-state index contributed by atoms with van der Waals surface area (Å²) >= 11 is 0. The zero-order valence-electron chi connectivity index (χ0n) is 30.8. The number of hydrogen-bond donors (Lipinski definition) is 3. The first-order valence-electron chi connectivity index (χ1n) is 18.4. The monoisotopic (exact) mass is 690 g/mol. The van der Waals surface area contributed by atoms with Crippen LogP contribution in [0.5, 0.6) is 0 Å². The summed E-state index contributed by atoms with van der Waals surface area (Å²) in [6.45, 7) is 14.2. The van der Waals surface area contributed by atoms with E-state index in [2.05, 4.69) is 4.90 Å². The molecule has 11 nitrogen and oxygen atoms in total. The van der Waals surface area contributed by atoms with Crippen molar-refractivity contribution in [3.63, 3.8) is 0 Å². The lowest BCUT2D eigenvalue weighted by Crippen LogP contribution is -2.54. The molecule has 4 rings (SSSR count). The van der Waals surface area contributed by atoms with E-state index in [1.807, 2.05) is 52.8 Å². The van der Waals surface area contributed by atoms with Crippen molar-refractivity contribution in [2.24, 2.45) is 11.8 Å². The second-order valence-corrected chi connectivity index (χ2v) is 15.3. The van der Waals surface area contributed by atoms with E-state index in [4.69, 9.17) is 18.9 Å². The molecule has 0 aromatic heterocycles. The van der Waals surface area contributed by atoms with Crippen LogP contribution >= 0.6 is 0 Å². The molecule has 0 aromatic carbocycles. The summed E-state index contributed by atoms with van der Waals surface area (Å²) < 4.78 is 23.8. The molecular formula is C38H62N2O9. The van der Waals surface area contributed by atoms with Crippen LogP contribution in [0.4, 0.5) is 4.79 Å². The minimum absolute atomic E-state index is 0.00188. The van der Waals surface area contributed by atoms with Crippen LogP contribution in [-0.4, -0.2) is 124 Å². The van der Waals surface area contributed by atoms with Gasteiger partial charge in [-0.3, -0.25) is 9.69 Å². The number of cyclic esters (lactones) is 1. The highest BCUT2D eigenvalue weighted by atomic mass is 16.6. The van der Waals surface area contributed by atoms with Gasteiger partial charge in [0.2, 0.25) is 0 Å². The Balaban J connectivity index is 1.46.